The van der Waals surface area contributed by atoms with Crippen LogP contribution in [0.3, 0.4) is 0 Å². The lowest BCUT2D eigenvalue weighted by Crippen LogP contribution is -2.45. The number of hydrogen-bond donors (Lipinski definition) is 2. The number of nitrogens with zero attached hydrogens (tertiary/aromatic N) is 2. The maximum Gasteiger partial charge on any atom is 0.313 e. The first-order valence-electron chi connectivity index (χ1n) is 9.05. The maximum atomic E-state index is 12.2. The lowest BCUT2D eigenvalue weighted by atomic mass is 9.86. The molecular weight excluding hydrogens is 328 g/mol. The summed E-state index contributed by atoms with van der Waals surface area (Å²) in [5, 5.41) is 5.55. The number of aromatic nitrogens is 2. The smallest absolute Gasteiger partial charge is 0.313 e. The van der Waals surface area contributed by atoms with Crippen molar-refractivity contribution >= 4 is 17.5 Å². The number of carbonyl (C=O) groups is 2. The van der Waals surface area contributed by atoms with Crippen LogP contribution in [0.15, 0.2) is 36.5 Å². The van der Waals surface area contributed by atoms with E-state index in [0.29, 0.717) is 17.4 Å². The molecule has 136 valence electrons. The number of aryl methyl sites for hydroxylation is 1. The van der Waals surface area contributed by atoms with Gasteiger partial charge < -0.3 is 10.6 Å². The molecule has 1 aromatic carbocycles. The van der Waals surface area contributed by atoms with Crippen LogP contribution in [0.25, 0.3) is 11.3 Å². The molecule has 0 bridgehead atoms. The summed E-state index contributed by atoms with van der Waals surface area (Å²) in [7, 11) is 0. The number of carbonyl (C=O) groups excluding carboxylic acids is 2. The molecule has 2 aromatic rings. The summed E-state index contributed by atoms with van der Waals surface area (Å²) >= 11 is 0. The van der Waals surface area contributed by atoms with Gasteiger partial charge in [-0.15, -0.1) is 0 Å². The van der Waals surface area contributed by atoms with Gasteiger partial charge in [-0.1, -0.05) is 31.9 Å². The van der Waals surface area contributed by atoms with E-state index in [0.717, 1.165) is 30.5 Å². The van der Waals surface area contributed by atoms with Gasteiger partial charge in [-0.25, -0.2) is 9.97 Å². The van der Waals surface area contributed by atoms with Crippen molar-refractivity contribution < 1.29 is 9.59 Å². The molecule has 1 aromatic heterocycles. The molecule has 0 spiro atoms. The first kappa shape index (κ1) is 18.0. The van der Waals surface area contributed by atoms with Crippen molar-refractivity contribution in [3.05, 3.63) is 42.4 Å². The molecule has 2 N–H and O–H groups in total. The van der Waals surface area contributed by atoms with Crippen molar-refractivity contribution in [2.24, 2.45) is 5.92 Å². The predicted octanol–water partition coefficient (Wildman–Crippen LogP) is 3.09. The molecule has 1 saturated carbocycles. The molecule has 1 fully saturated rings. The topological polar surface area (TPSA) is 84.0 Å². The Hall–Kier alpha value is -2.76. The highest BCUT2D eigenvalue weighted by molar-refractivity contribution is 6.39. The number of amides is 2. The highest BCUT2D eigenvalue weighted by Crippen LogP contribution is 2.24. The van der Waals surface area contributed by atoms with E-state index in [1.165, 1.54) is 6.42 Å². The van der Waals surface area contributed by atoms with Gasteiger partial charge in [0.25, 0.3) is 0 Å². The standard InChI is InChI=1S/C20H24N4O2/c1-13-6-3-4-9-17(13)24-20(26)19(25)23-16-8-5-7-15(12-16)18-10-11-21-14(2)22-18/h5,7-8,10-13,17H,3-4,6,9H2,1-2H3,(H,23,25)(H,24,26). The highest BCUT2D eigenvalue weighted by Gasteiger charge is 2.25. The molecule has 0 aliphatic heterocycles. The van der Waals surface area contributed by atoms with E-state index < -0.39 is 11.8 Å². The zero-order valence-corrected chi connectivity index (χ0v) is 15.2. The summed E-state index contributed by atoms with van der Waals surface area (Å²) < 4.78 is 0. The zero-order chi connectivity index (χ0) is 18.5. The zero-order valence-electron chi connectivity index (χ0n) is 15.2. The Morgan fingerprint density at radius 3 is 2.69 bits per heavy atom. The maximum absolute atomic E-state index is 12.2. The SMILES string of the molecule is Cc1nccc(-c2cccc(NC(=O)C(=O)NC3CCCCC3C)c2)n1. The monoisotopic (exact) mass is 352 g/mol. The Morgan fingerprint density at radius 2 is 1.92 bits per heavy atom. The molecule has 6 heteroatoms. The van der Waals surface area contributed by atoms with Crippen LogP contribution >= 0.6 is 0 Å². The normalized spacial score (nSPS) is 19.6. The minimum atomic E-state index is -0.640. The summed E-state index contributed by atoms with van der Waals surface area (Å²) in [6, 6.07) is 9.18. The third-order valence-electron chi connectivity index (χ3n) is 4.83. The summed E-state index contributed by atoms with van der Waals surface area (Å²) in [6.45, 7) is 3.95. The molecule has 0 radical (unpaired) electrons. The molecule has 3 rings (SSSR count). The Balaban J connectivity index is 1.65. The average Bonchev–Trinajstić information content (AvgIpc) is 2.64. The second-order valence-electron chi connectivity index (χ2n) is 6.87. The molecule has 1 aliphatic rings. The summed E-state index contributed by atoms with van der Waals surface area (Å²) in [5.41, 5.74) is 2.19. The summed E-state index contributed by atoms with van der Waals surface area (Å²) in [4.78, 5) is 32.9. The summed E-state index contributed by atoms with van der Waals surface area (Å²) in [6.07, 6.45) is 6.00. The van der Waals surface area contributed by atoms with Crippen molar-refractivity contribution in [2.45, 2.75) is 45.6 Å². The van der Waals surface area contributed by atoms with Crippen molar-refractivity contribution in [2.75, 3.05) is 5.32 Å². The molecule has 2 atom stereocenters. The largest absolute Gasteiger partial charge is 0.345 e. The Kier molecular flexibility index (Phi) is 5.61. The highest BCUT2D eigenvalue weighted by atomic mass is 16.2. The lowest BCUT2D eigenvalue weighted by Gasteiger charge is -2.29. The Labute approximate surface area is 153 Å². The van der Waals surface area contributed by atoms with Crippen molar-refractivity contribution in [3.63, 3.8) is 0 Å². The summed E-state index contributed by atoms with van der Waals surface area (Å²) in [5.74, 6) is -0.131. The van der Waals surface area contributed by atoms with Gasteiger partial charge >= 0.3 is 11.8 Å². The fourth-order valence-corrected chi connectivity index (χ4v) is 3.33. The average molecular weight is 352 g/mol. The molecule has 0 saturated heterocycles. The second kappa shape index (κ2) is 8.08. The third-order valence-corrected chi connectivity index (χ3v) is 4.83. The van der Waals surface area contributed by atoms with Gasteiger partial charge in [0, 0.05) is 23.5 Å². The van der Waals surface area contributed by atoms with Crippen LogP contribution in [0, 0.1) is 12.8 Å². The van der Waals surface area contributed by atoms with Gasteiger partial charge in [0.1, 0.15) is 5.82 Å². The van der Waals surface area contributed by atoms with E-state index in [2.05, 4.69) is 27.5 Å². The van der Waals surface area contributed by atoms with Crippen LogP contribution in [-0.2, 0) is 9.59 Å². The van der Waals surface area contributed by atoms with Crippen LogP contribution in [0.1, 0.15) is 38.4 Å². The van der Waals surface area contributed by atoms with Crippen LogP contribution in [-0.4, -0.2) is 27.8 Å². The van der Waals surface area contributed by atoms with Crippen molar-refractivity contribution in [3.8, 4) is 11.3 Å². The van der Waals surface area contributed by atoms with E-state index >= 15 is 0 Å². The molecule has 2 unspecified atom stereocenters. The number of rotatable bonds is 3. The van der Waals surface area contributed by atoms with Crippen LogP contribution in [0.4, 0.5) is 5.69 Å². The molecule has 1 heterocycles. The van der Waals surface area contributed by atoms with Gasteiger partial charge in [0.05, 0.1) is 5.69 Å². The Bertz CT molecular complexity index is 806. The second-order valence-corrected chi connectivity index (χ2v) is 6.87. The van der Waals surface area contributed by atoms with Gasteiger partial charge in [-0.2, -0.15) is 0 Å². The van der Waals surface area contributed by atoms with Crippen molar-refractivity contribution in [1.29, 1.82) is 0 Å². The third kappa shape index (κ3) is 4.45. The van der Waals surface area contributed by atoms with E-state index in [-0.39, 0.29) is 6.04 Å². The fraction of sp³-hybridized carbons (Fsp3) is 0.400. The number of nitrogens with one attached hydrogen (secondary N) is 2. The van der Waals surface area contributed by atoms with Gasteiger partial charge in [0.15, 0.2) is 0 Å². The van der Waals surface area contributed by atoms with Crippen LogP contribution < -0.4 is 10.6 Å². The van der Waals surface area contributed by atoms with Gasteiger partial charge in [-0.3, -0.25) is 9.59 Å². The number of benzene rings is 1. The fourth-order valence-electron chi connectivity index (χ4n) is 3.33. The van der Waals surface area contributed by atoms with Crippen LogP contribution in [0.2, 0.25) is 0 Å². The molecule has 6 nitrogen and oxygen atoms in total. The van der Waals surface area contributed by atoms with E-state index in [1.807, 2.05) is 25.1 Å². The molecule has 1 aliphatic carbocycles. The van der Waals surface area contributed by atoms with Gasteiger partial charge in [-0.05, 0) is 43.9 Å². The quantitative estimate of drug-likeness (QED) is 0.832. The lowest BCUT2D eigenvalue weighted by molar-refractivity contribution is -0.137. The number of anilines is 1. The van der Waals surface area contributed by atoms with Crippen molar-refractivity contribution in [1.82, 2.24) is 15.3 Å². The first-order chi connectivity index (χ1) is 12.5. The minimum Gasteiger partial charge on any atom is -0.345 e. The molecular formula is C20H24N4O2. The predicted molar refractivity (Wildman–Crippen MR) is 100 cm³/mol. The van der Waals surface area contributed by atoms with Gasteiger partial charge in [0.2, 0.25) is 0 Å². The minimum absolute atomic E-state index is 0.0809. The molecule has 26 heavy (non-hydrogen) atoms. The van der Waals surface area contributed by atoms with E-state index in [4.69, 9.17) is 0 Å². The first-order valence-corrected chi connectivity index (χ1v) is 9.05. The number of hydrogen-bond acceptors (Lipinski definition) is 4. The Morgan fingerprint density at radius 1 is 1.12 bits per heavy atom. The molecule has 2 amide bonds. The van der Waals surface area contributed by atoms with Crippen LogP contribution in [0.5, 0.6) is 0 Å². The van der Waals surface area contributed by atoms with E-state index in [1.54, 1.807) is 18.3 Å². The van der Waals surface area contributed by atoms with E-state index in [9.17, 15) is 9.59 Å².